The number of likely N-dealkylation sites (tertiary alicyclic amines) is 1. The molecule has 1 aromatic rings. The summed E-state index contributed by atoms with van der Waals surface area (Å²) in [5.74, 6) is 0.361. The van der Waals surface area contributed by atoms with Crippen molar-refractivity contribution in [2.45, 2.75) is 38.3 Å². The lowest BCUT2D eigenvalue weighted by molar-refractivity contribution is -0.137. The molecule has 2 N–H and O–H groups in total. The maximum atomic E-state index is 12.4. The zero-order valence-corrected chi connectivity index (χ0v) is 14.8. The summed E-state index contributed by atoms with van der Waals surface area (Å²) in [6.07, 6.45) is 3.06. The highest BCUT2D eigenvalue weighted by atomic mass is 35.5. The molecule has 1 heterocycles. The lowest BCUT2D eigenvalue weighted by atomic mass is 9.97. The minimum Gasteiger partial charge on any atom is -0.482 e. The Balaban J connectivity index is 0.00000242. The summed E-state index contributed by atoms with van der Waals surface area (Å²) in [4.78, 5) is 14.2. The van der Waals surface area contributed by atoms with E-state index in [0.29, 0.717) is 15.8 Å². The number of nitrogens with zero attached hydrogens (tertiary/aromatic N) is 1. The van der Waals surface area contributed by atoms with Crippen LogP contribution in [0.3, 0.4) is 0 Å². The molecule has 1 aliphatic heterocycles. The summed E-state index contributed by atoms with van der Waals surface area (Å²) in [6, 6.07) is 4.98. The summed E-state index contributed by atoms with van der Waals surface area (Å²) in [7, 11) is 0. The summed E-state index contributed by atoms with van der Waals surface area (Å²) in [6.45, 7) is 2.62. The van der Waals surface area contributed by atoms with Gasteiger partial charge < -0.3 is 15.4 Å². The van der Waals surface area contributed by atoms with Crippen molar-refractivity contribution in [2.24, 2.45) is 5.73 Å². The van der Waals surface area contributed by atoms with Crippen molar-refractivity contribution in [3.8, 4) is 5.75 Å². The number of nitrogens with two attached hydrogens (primary N) is 1. The molecule has 124 valence electrons. The molecular formula is C15H21Cl3N2O2. The first-order valence-electron chi connectivity index (χ1n) is 7.12. The van der Waals surface area contributed by atoms with Crippen molar-refractivity contribution in [3.05, 3.63) is 28.2 Å². The van der Waals surface area contributed by atoms with Crippen molar-refractivity contribution in [1.82, 2.24) is 4.90 Å². The van der Waals surface area contributed by atoms with Crippen molar-refractivity contribution < 1.29 is 9.53 Å². The fourth-order valence-electron chi connectivity index (χ4n) is 2.62. The fraction of sp³-hybridized carbons (Fsp3) is 0.533. The average Bonchev–Trinajstić information content (AvgIpc) is 2.47. The van der Waals surface area contributed by atoms with Crippen LogP contribution in [0.2, 0.25) is 10.0 Å². The Bertz CT molecular complexity index is 512. The van der Waals surface area contributed by atoms with Crippen molar-refractivity contribution >= 4 is 41.5 Å². The summed E-state index contributed by atoms with van der Waals surface area (Å²) in [5.41, 5.74) is 5.97. The summed E-state index contributed by atoms with van der Waals surface area (Å²) < 4.78 is 5.51. The van der Waals surface area contributed by atoms with Gasteiger partial charge in [-0.1, -0.05) is 23.2 Å². The molecule has 1 aromatic carbocycles. The van der Waals surface area contributed by atoms with Crippen LogP contribution in [0.4, 0.5) is 0 Å². The second-order valence-corrected chi connectivity index (χ2v) is 6.22. The van der Waals surface area contributed by atoms with Gasteiger partial charge in [-0.3, -0.25) is 4.79 Å². The highest BCUT2D eigenvalue weighted by molar-refractivity contribution is 6.34. The zero-order valence-electron chi connectivity index (χ0n) is 12.4. The van der Waals surface area contributed by atoms with E-state index in [-0.39, 0.29) is 37.0 Å². The number of carbonyl (C=O) groups excluding carboxylic acids is 1. The third-order valence-corrected chi connectivity index (χ3v) is 4.27. The normalized spacial score (nSPS) is 19.3. The first-order valence-corrected chi connectivity index (χ1v) is 7.87. The number of carbonyl (C=O) groups is 1. The molecule has 7 heteroatoms. The molecule has 0 saturated carbocycles. The zero-order chi connectivity index (χ0) is 15.4. The SMILES string of the molecule is CC(N)C1CCCCN1C(=O)COc1cc(Cl)ccc1Cl.Cl. The topological polar surface area (TPSA) is 55.6 Å². The number of benzene rings is 1. The number of halogens is 3. The van der Waals surface area contributed by atoms with E-state index in [2.05, 4.69) is 0 Å². The lowest BCUT2D eigenvalue weighted by Gasteiger charge is -2.38. The third kappa shape index (κ3) is 4.92. The number of amides is 1. The van der Waals surface area contributed by atoms with Gasteiger partial charge in [0, 0.05) is 29.7 Å². The summed E-state index contributed by atoms with van der Waals surface area (Å²) >= 11 is 11.9. The van der Waals surface area contributed by atoms with Crippen LogP contribution in [-0.4, -0.2) is 36.0 Å². The highest BCUT2D eigenvalue weighted by Gasteiger charge is 2.29. The number of hydrogen-bond acceptors (Lipinski definition) is 3. The fourth-order valence-corrected chi connectivity index (χ4v) is 2.96. The monoisotopic (exact) mass is 366 g/mol. The standard InChI is InChI=1S/C15H20Cl2N2O2.ClH/c1-10(18)13-4-2-3-7-19(13)15(20)9-21-14-8-11(16)5-6-12(14)17;/h5-6,8,10,13H,2-4,7,9,18H2,1H3;1H. The third-order valence-electron chi connectivity index (χ3n) is 3.72. The molecule has 1 saturated heterocycles. The predicted octanol–water partition coefficient (Wildman–Crippen LogP) is 3.52. The van der Waals surface area contributed by atoms with Crippen molar-refractivity contribution in [2.75, 3.05) is 13.2 Å². The molecule has 2 atom stereocenters. The van der Waals surface area contributed by atoms with Gasteiger partial charge in [-0.05, 0) is 38.3 Å². The number of rotatable bonds is 4. The molecule has 1 fully saturated rings. The Kier molecular flexibility index (Phi) is 7.77. The van der Waals surface area contributed by atoms with Crippen LogP contribution >= 0.6 is 35.6 Å². The smallest absolute Gasteiger partial charge is 0.260 e. The van der Waals surface area contributed by atoms with Gasteiger partial charge in [0.25, 0.3) is 5.91 Å². The predicted molar refractivity (Wildman–Crippen MR) is 92.2 cm³/mol. The Morgan fingerprint density at radius 3 is 2.86 bits per heavy atom. The first kappa shape index (κ1) is 19.4. The highest BCUT2D eigenvalue weighted by Crippen LogP contribution is 2.28. The average molecular weight is 368 g/mol. The second-order valence-electron chi connectivity index (χ2n) is 5.37. The number of ether oxygens (including phenoxy) is 1. The molecule has 1 amide bonds. The van der Waals surface area contributed by atoms with Crippen LogP contribution in [0, 0.1) is 0 Å². The van der Waals surface area contributed by atoms with E-state index < -0.39 is 0 Å². The maximum Gasteiger partial charge on any atom is 0.260 e. The van der Waals surface area contributed by atoms with Crippen LogP contribution in [0.1, 0.15) is 26.2 Å². The van der Waals surface area contributed by atoms with Gasteiger partial charge >= 0.3 is 0 Å². The number of hydrogen-bond donors (Lipinski definition) is 1. The van der Waals surface area contributed by atoms with E-state index in [1.54, 1.807) is 18.2 Å². The number of piperidine rings is 1. The Morgan fingerprint density at radius 1 is 1.45 bits per heavy atom. The van der Waals surface area contributed by atoms with Crippen molar-refractivity contribution in [1.29, 1.82) is 0 Å². The quantitative estimate of drug-likeness (QED) is 0.886. The lowest BCUT2D eigenvalue weighted by Crippen LogP contribution is -2.52. The van der Waals surface area contributed by atoms with Gasteiger partial charge in [-0.2, -0.15) is 0 Å². The van der Waals surface area contributed by atoms with Gasteiger partial charge in [0.05, 0.1) is 5.02 Å². The molecule has 0 bridgehead atoms. The van der Waals surface area contributed by atoms with Crippen LogP contribution in [0.25, 0.3) is 0 Å². The van der Waals surface area contributed by atoms with Crippen LogP contribution in [-0.2, 0) is 4.79 Å². The molecule has 0 spiro atoms. The van der Waals surface area contributed by atoms with Gasteiger partial charge in [0.2, 0.25) is 0 Å². The van der Waals surface area contributed by atoms with E-state index in [1.807, 2.05) is 11.8 Å². The Morgan fingerprint density at radius 2 is 2.18 bits per heavy atom. The van der Waals surface area contributed by atoms with Crippen LogP contribution in [0.15, 0.2) is 18.2 Å². The van der Waals surface area contributed by atoms with Crippen molar-refractivity contribution in [3.63, 3.8) is 0 Å². The molecule has 0 aromatic heterocycles. The van der Waals surface area contributed by atoms with E-state index in [0.717, 1.165) is 25.8 Å². The molecule has 0 aliphatic carbocycles. The van der Waals surface area contributed by atoms with E-state index >= 15 is 0 Å². The van der Waals surface area contributed by atoms with Gasteiger partial charge in [-0.15, -0.1) is 12.4 Å². The molecular weight excluding hydrogens is 347 g/mol. The molecule has 0 radical (unpaired) electrons. The van der Waals surface area contributed by atoms with E-state index in [9.17, 15) is 4.79 Å². The molecule has 4 nitrogen and oxygen atoms in total. The van der Waals surface area contributed by atoms with Crippen LogP contribution < -0.4 is 10.5 Å². The minimum absolute atomic E-state index is 0. The van der Waals surface area contributed by atoms with Gasteiger partial charge in [0.1, 0.15) is 5.75 Å². The van der Waals surface area contributed by atoms with E-state index in [1.165, 1.54) is 0 Å². The maximum absolute atomic E-state index is 12.4. The first-order chi connectivity index (χ1) is 9.99. The molecule has 1 aliphatic rings. The largest absolute Gasteiger partial charge is 0.482 e. The van der Waals surface area contributed by atoms with E-state index in [4.69, 9.17) is 33.7 Å². The van der Waals surface area contributed by atoms with Gasteiger partial charge in [0.15, 0.2) is 6.61 Å². The second kappa shape index (κ2) is 8.82. The molecule has 2 unspecified atom stereocenters. The molecule has 22 heavy (non-hydrogen) atoms. The molecule has 2 rings (SSSR count). The van der Waals surface area contributed by atoms with Crippen LogP contribution in [0.5, 0.6) is 5.75 Å². The summed E-state index contributed by atoms with van der Waals surface area (Å²) in [5, 5.41) is 0.961. The Hall–Kier alpha value is -0.680. The Labute approximate surface area is 147 Å². The van der Waals surface area contributed by atoms with Gasteiger partial charge in [-0.25, -0.2) is 0 Å². The minimum atomic E-state index is -0.0620.